The molecule has 1 saturated heterocycles. The number of hydrogen-bond acceptors (Lipinski definition) is 3. The molecule has 0 aromatic heterocycles. The average molecular weight is 263 g/mol. The van der Waals surface area contributed by atoms with E-state index in [1.807, 2.05) is 13.8 Å². The van der Waals surface area contributed by atoms with Gasteiger partial charge in [-0.2, -0.15) is 0 Å². The third-order valence-electron chi connectivity index (χ3n) is 3.09. The molecule has 0 radical (unpaired) electrons. The number of amides is 1. The van der Waals surface area contributed by atoms with E-state index in [0.717, 1.165) is 0 Å². The maximum atomic E-state index is 12.4. The minimum absolute atomic E-state index is 0.0373. The van der Waals surface area contributed by atoms with E-state index in [0.29, 0.717) is 13.1 Å². The standard InChI is InChI=1S/C14H17NO4/c1-9-7-15(8-10(2)19-9)13(16)11-5-3-4-6-12(11)14(17)18/h3-6,9-10H,7-8H2,1-2H3,(H,17,18). The number of carboxylic acids is 1. The molecule has 0 spiro atoms. The van der Waals surface area contributed by atoms with Gasteiger partial charge in [-0.3, -0.25) is 4.79 Å². The van der Waals surface area contributed by atoms with Crippen molar-refractivity contribution < 1.29 is 19.4 Å². The Hall–Kier alpha value is -1.88. The fourth-order valence-corrected chi connectivity index (χ4v) is 2.37. The summed E-state index contributed by atoms with van der Waals surface area (Å²) in [7, 11) is 0. The molecule has 1 heterocycles. The predicted octanol–water partition coefficient (Wildman–Crippen LogP) is 1.63. The second kappa shape index (κ2) is 5.40. The minimum Gasteiger partial charge on any atom is -0.478 e. The van der Waals surface area contributed by atoms with Crippen LogP contribution in [-0.4, -0.2) is 47.2 Å². The van der Waals surface area contributed by atoms with E-state index in [4.69, 9.17) is 9.84 Å². The maximum absolute atomic E-state index is 12.4. The molecule has 1 aliphatic rings. The highest BCUT2D eigenvalue weighted by Gasteiger charge is 2.28. The smallest absolute Gasteiger partial charge is 0.336 e. The van der Waals surface area contributed by atoms with Crippen molar-refractivity contribution in [2.24, 2.45) is 0 Å². The van der Waals surface area contributed by atoms with Gasteiger partial charge in [0.25, 0.3) is 5.91 Å². The molecule has 1 aromatic carbocycles. The lowest BCUT2D eigenvalue weighted by atomic mass is 10.1. The van der Waals surface area contributed by atoms with Crippen LogP contribution in [0.5, 0.6) is 0 Å². The molecule has 102 valence electrons. The Balaban J connectivity index is 2.27. The zero-order chi connectivity index (χ0) is 14.0. The van der Waals surface area contributed by atoms with Gasteiger partial charge in [0.05, 0.1) is 23.3 Å². The Morgan fingerprint density at radius 2 is 1.68 bits per heavy atom. The molecule has 1 amide bonds. The molecule has 1 aromatic rings. The molecule has 1 N–H and O–H groups in total. The lowest BCUT2D eigenvalue weighted by Gasteiger charge is -2.35. The molecule has 1 aliphatic heterocycles. The number of hydrogen-bond donors (Lipinski definition) is 1. The summed E-state index contributed by atoms with van der Waals surface area (Å²) >= 11 is 0. The molecule has 19 heavy (non-hydrogen) atoms. The molecular weight excluding hydrogens is 246 g/mol. The molecule has 2 atom stereocenters. The topological polar surface area (TPSA) is 66.8 Å². The van der Waals surface area contributed by atoms with Crippen LogP contribution in [0.4, 0.5) is 0 Å². The van der Waals surface area contributed by atoms with E-state index < -0.39 is 5.97 Å². The molecule has 0 saturated carbocycles. The molecule has 0 bridgehead atoms. The van der Waals surface area contributed by atoms with Crippen molar-refractivity contribution >= 4 is 11.9 Å². The molecule has 5 heteroatoms. The summed E-state index contributed by atoms with van der Waals surface area (Å²) in [5.74, 6) is -1.33. The van der Waals surface area contributed by atoms with Gasteiger partial charge >= 0.3 is 5.97 Å². The number of benzene rings is 1. The van der Waals surface area contributed by atoms with Crippen molar-refractivity contribution in [1.29, 1.82) is 0 Å². The highest BCUT2D eigenvalue weighted by molar-refractivity contribution is 6.04. The molecule has 0 aliphatic carbocycles. The monoisotopic (exact) mass is 263 g/mol. The van der Waals surface area contributed by atoms with E-state index in [1.54, 1.807) is 23.1 Å². The second-order valence-corrected chi connectivity index (χ2v) is 4.82. The van der Waals surface area contributed by atoms with Gasteiger partial charge in [-0.05, 0) is 26.0 Å². The lowest BCUT2D eigenvalue weighted by Crippen LogP contribution is -2.48. The number of nitrogens with zero attached hydrogens (tertiary/aromatic N) is 1. The van der Waals surface area contributed by atoms with Crippen molar-refractivity contribution in [2.75, 3.05) is 13.1 Å². The first-order valence-electron chi connectivity index (χ1n) is 6.26. The number of carbonyl (C=O) groups is 2. The van der Waals surface area contributed by atoms with Gasteiger partial charge in [-0.25, -0.2) is 4.79 Å². The summed E-state index contributed by atoms with van der Waals surface area (Å²) in [6, 6.07) is 6.29. The normalized spacial score (nSPS) is 23.2. The van der Waals surface area contributed by atoms with Crippen LogP contribution in [0.25, 0.3) is 0 Å². The summed E-state index contributed by atoms with van der Waals surface area (Å²) in [5.41, 5.74) is 0.274. The van der Waals surface area contributed by atoms with Crippen LogP contribution in [0.3, 0.4) is 0 Å². The Bertz CT molecular complexity index is 490. The van der Waals surface area contributed by atoms with Gasteiger partial charge in [-0.1, -0.05) is 12.1 Å². The van der Waals surface area contributed by atoms with Gasteiger partial charge in [0.1, 0.15) is 0 Å². The third-order valence-corrected chi connectivity index (χ3v) is 3.09. The van der Waals surface area contributed by atoms with E-state index in [9.17, 15) is 9.59 Å². The van der Waals surface area contributed by atoms with Crippen LogP contribution in [0.1, 0.15) is 34.6 Å². The highest BCUT2D eigenvalue weighted by atomic mass is 16.5. The first-order chi connectivity index (χ1) is 8.99. The fraction of sp³-hybridized carbons (Fsp3) is 0.429. The van der Waals surface area contributed by atoms with Crippen molar-refractivity contribution in [2.45, 2.75) is 26.1 Å². The number of ether oxygens (including phenoxy) is 1. The van der Waals surface area contributed by atoms with Gasteiger partial charge in [-0.15, -0.1) is 0 Å². The summed E-state index contributed by atoms with van der Waals surface area (Å²) < 4.78 is 5.57. The Labute approximate surface area is 111 Å². The van der Waals surface area contributed by atoms with Gasteiger partial charge in [0, 0.05) is 13.1 Å². The summed E-state index contributed by atoms with van der Waals surface area (Å²) in [6.07, 6.45) is -0.0746. The van der Waals surface area contributed by atoms with Gasteiger partial charge < -0.3 is 14.7 Å². The van der Waals surface area contributed by atoms with Crippen LogP contribution < -0.4 is 0 Å². The van der Waals surface area contributed by atoms with Gasteiger partial charge in [0.15, 0.2) is 0 Å². The van der Waals surface area contributed by atoms with Crippen molar-refractivity contribution in [1.82, 2.24) is 4.90 Å². The van der Waals surface area contributed by atoms with Crippen LogP contribution in [-0.2, 0) is 4.74 Å². The number of carbonyl (C=O) groups excluding carboxylic acids is 1. The van der Waals surface area contributed by atoms with Crippen molar-refractivity contribution in [3.63, 3.8) is 0 Å². The van der Waals surface area contributed by atoms with Crippen LogP contribution >= 0.6 is 0 Å². The zero-order valence-electron chi connectivity index (χ0n) is 11.0. The molecule has 2 rings (SSSR count). The Morgan fingerprint density at radius 3 is 2.21 bits per heavy atom. The molecule has 2 unspecified atom stereocenters. The summed E-state index contributed by atoms with van der Waals surface area (Å²) in [5, 5.41) is 9.12. The van der Waals surface area contributed by atoms with E-state index >= 15 is 0 Å². The van der Waals surface area contributed by atoms with Crippen LogP contribution in [0.2, 0.25) is 0 Å². The van der Waals surface area contributed by atoms with E-state index in [1.165, 1.54) is 6.07 Å². The Kier molecular flexibility index (Phi) is 3.85. The minimum atomic E-state index is -1.08. The van der Waals surface area contributed by atoms with Gasteiger partial charge in [0.2, 0.25) is 0 Å². The quantitative estimate of drug-likeness (QED) is 0.880. The lowest BCUT2D eigenvalue weighted by molar-refractivity contribution is -0.0586. The van der Waals surface area contributed by atoms with Crippen LogP contribution in [0, 0.1) is 0 Å². The van der Waals surface area contributed by atoms with E-state index in [-0.39, 0.29) is 29.2 Å². The molecule has 5 nitrogen and oxygen atoms in total. The number of carboxylic acid groups (broad SMARTS) is 1. The zero-order valence-corrected chi connectivity index (χ0v) is 11.0. The van der Waals surface area contributed by atoms with Crippen LogP contribution in [0.15, 0.2) is 24.3 Å². The first kappa shape index (κ1) is 13.5. The highest BCUT2D eigenvalue weighted by Crippen LogP contribution is 2.17. The first-order valence-corrected chi connectivity index (χ1v) is 6.26. The largest absolute Gasteiger partial charge is 0.478 e. The number of rotatable bonds is 2. The third kappa shape index (κ3) is 2.93. The maximum Gasteiger partial charge on any atom is 0.336 e. The molecule has 1 fully saturated rings. The predicted molar refractivity (Wildman–Crippen MR) is 69.3 cm³/mol. The SMILES string of the molecule is CC1CN(C(=O)c2ccccc2C(=O)O)CC(C)O1. The average Bonchev–Trinajstić information content (AvgIpc) is 2.36. The Morgan fingerprint density at radius 1 is 1.16 bits per heavy atom. The van der Waals surface area contributed by atoms with Crippen molar-refractivity contribution in [3.05, 3.63) is 35.4 Å². The fourth-order valence-electron chi connectivity index (χ4n) is 2.37. The van der Waals surface area contributed by atoms with Crippen molar-refractivity contribution in [3.8, 4) is 0 Å². The number of morpholine rings is 1. The van der Waals surface area contributed by atoms with E-state index in [2.05, 4.69) is 0 Å². The number of aromatic carboxylic acids is 1. The second-order valence-electron chi connectivity index (χ2n) is 4.82. The summed E-state index contributed by atoms with van der Waals surface area (Å²) in [6.45, 7) is 4.77. The summed E-state index contributed by atoms with van der Waals surface area (Å²) in [4.78, 5) is 25.2. The molecular formula is C14H17NO4.